The van der Waals surface area contributed by atoms with E-state index in [9.17, 15) is 4.79 Å². The van der Waals surface area contributed by atoms with Crippen molar-refractivity contribution in [2.24, 2.45) is 0 Å². The second-order valence-electron chi connectivity index (χ2n) is 4.48. The van der Waals surface area contributed by atoms with E-state index in [4.69, 9.17) is 16.3 Å². The maximum atomic E-state index is 11.3. The van der Waals surface area contributed by atoms with E-state index in [1.807, 2.05) is 29.6 Å². The molecule has 2 aromatic rings. The topological polar surface area (TPSA) is 42.4 Å². The van der Waals surface area contributed by atoms with Crippen LogP contribution in [0.3, 0.4) is 0 Å². The number of nitrogens with zero attached hydrogens (tertiary/aromatic N) is 2. The fraction of sp³-hybridized carbons (Fsp3) is 0.286. The van der Waals surface area contributed by atoms with Gasteiger partial charge in [-0.1, -0.05) is 23.7 Å². The van der Waals surface area contributed by atoms with E-state index in [2.05, 4.69) is 4.98 Å². The number of ether oxygens (including phenoxy) is 1. The van der Waals surface area contributed by atoms with Gasteiger partial charge in [0, 0.05) is 28.9 Å². The summed E-state index contributed by atoms with van der Waals surface area (Å²) in [5.41, 5.74) is 2.00. The van der Waals surface area contributed by atoms with Crippen LogP contribution in [0.15, 0.2) is 29.6 Å². The molecule has 0 saturated carbocycles. The lowest BCUT2D eigenvalue weighted by Gasteiger charge is -2.10. The van der Waals surface area contributed by atoms with E-state index in [1.54, 1.807) is 16.2 Å². The van der Waals surface area contributed by atoms with Gasteiger partial charge in [-0.25, -0.2) is 9.78 Å². The lowest BCUT2D eigenvalue weighted by Crippen LogP contribution is -2.26. The second-order valence-corrected chi connectivity index (χ2v) is 5.86. The Hall–Kier alpha value is -1.59. The number of hydrogen-bond acceptors (Lipinski definition) is 4. The van der Waals surface area contributed by atoms with E-state index in [-0.39, 0.29) is 6.09 Å². The van der Waals surface area contributed by atoms with Crippen LogP contribution in [0.1, 0.15) is 5.01 Å². The van der Waals surface area contributed by atoms with E-state index in [1.165, 1.54) is 0 Å². The van der Waals surface area contributed by atoms with Gasteiger partial charge in [0.05, 0.1) is 17.2 Å². The molecule has 20 heavy (non-hydrogen) atoms. The molecule has 1 fully saturated rings. The molecular weight excluding hydrogens is 296 g/mol. The van der Waals surface area contributed by atoms with Gasteiger partial charge in [0.25, 0.3) is 0 Å². The fourth-order valence-electron chi connectivity index (χ4n) is 2.04. The molecule has 104 valence electrons. The summed E-state index contributed by atoms with van der Waals surface area (Å²) >= 11 is 7.48. The molecule has 6 heteroatoms. The summed E-state index contributed by atoms with van der Waals surface area (Å²) in [4.78, 5) is 17.6. The van der Waals surface area contributed by atoms with Gasteiger partial charge in [0.2, 0.25) is 0 Å². The maximum Gasteiger partial charge on any atom is 0.409 e. The first-order valence-corrected chi connectivity index (χ1v) is 7.60. The highest BCUT2D eigenvalue weighted by molar-refractivity contribution is 7.09. The zero-order valence-corrected chi connectivity index (χ0v) is 12.3. The Morgan fingerprint density at radius 1 is 1.35 bits per heavy atom. The summed E-state index contributed by atoms with van der Waals surface area (Å²) in [5, 5.41) is 3.77. The molecule has 1 saturated heterocycles. The molecule has 0 unspecified atom stereocenters. The van der Waals surface area contributed by atoms with Gasteiger partial charge >= 0.3 is 6.09 Å². The Bertz CT molecular complexity index is 612. The van der Waals surface area contributed by atoms with Gasteiger partial charge in [0.15, 0.2) is 0 Å². The average Bonchev–Trinajstić information content (AvgIpc) is 3.06. The van der Waals surface area contributed by atoms with Crippen LogP contribution in [0.5, 0.6) is 0 Å². The van der Waals surface area contributed by atoms with E-state index in [0.717, 1.165) is 27.7 Å². The van der Waals surface area contributed by atoms with Gasteiger partial charge in [0.1, 0.15) is 6.61 Å². The first-order valence-electron chi connectivity index (χ1n) is 6.34. The number of amides is 1. The quantitative estimate of drug-likeness (QED) is 0.868. The summed E-state index contributed by atoms with van der Waals surface area (Å²) in [6.07, 6.45) is 0.535. The number of carbonyl (C=O) groups excluding carboxylic acids is 1. The van der Waals surface area contributed by atoms with E-state index >= 15 is 0 Å². The predicted molar refractivity (Wildman–Crippen MR) is 79.2 cm³/mol. The highest BCUT2D eigenvalue weighted by Gasteiger charge is 2.21. The summed E-state index contributed by atoms with van der Waals surface area (Å²) in [5.74, 6) is 0. The minimum absolute atomic E-state index is 0.223. The number of halogens is 1. The lowest BCUT2D eigenvalue weighted by atomic mass is 10.2. The van der Waals surface area contributed by atoms with Crippen molar-refractivity contribution in [1.82, 2.24) is 9.88 Å². The van der Waals surface area contributed by atoms with Crippen molar-refractivity contribution in [1.29, 1.82) is 0 Å². The molecular formula is C14H13ClN2O2S. The van der Waals surface area contributed by atoms with Crippen LogP contribution in [0.2, 0.25) is 5.02 Å². The predicted octanol–water partition coefficient (Wildman–Crippen LogP) is 3.46. The second kappa shape index (κ2) is 5.81. The molecule has 4 nitrogen and oxygen atoms in total. The molecule has 0 spiro atoms. The highest BCUT2D eigenvalue weighted by atomic mass is 35.5. The SMILES string of the molecule is O=C1OCCN1CCc1nc(-c2ccc(Cl)cc2)cs1. The van der Waals surface area contributed by atoms with Crippen molar-refractivity contribution in [3.05, 3.63) is 39.7 Å². The Labute approximate surface area is 126 Å². The molecule has 1 aromatic carbocycles. The molecule has 0 radical (unpaired) electrons. The van der Waals surface area contributed by atoms with Crippen LogP contribution in [-0.4, -0.2) is 35.7 Å². The molecule has 2 heterocycles. The molecule has 3 rings (SSSR count). The van der Waals surface area contributed by atoms with E-state index < -0.39 is 0 Å². The van der Waals surface area contributed by atoms with Crippen molar-refractivity contribution in [3.8, 4) is 11.3 Å². The third kappa shape index (κ3) is 2.94. The molecule has 0 bridgehead atoms. The summed E-state index contributed by atoms with van der Waals surface area (Å²) < 4.78 is 4.90. The highest BCUT2D eigenvalue weighted by Crippen LogP contribution is 2.24. The summed E-state index contributed by atoms with van der Waals surface area (Å²) in [6, 6.07) is 7.63. The largest absolute Gasteiger partial charge is 0.448 e. The molecule has 1 aromatic heterocycles. The number of carbonyl (C=O) groups is 1. The van der Waals surface area contributed by atoms with Crippen molar-refractivity contribution >= 4 is 29.0 Å². The molecule has 0 N–H and O–H groups in total. The van der Waals surface area contributed by atoms with Crippen molar-refractivity contribution < 1.29 is 9.53 Å². The Balaban J connectivity index is 1.64. The number of aromatic nitrogens is 1. The summed E-state index contributed by atoms with van der Waals surface area (Å²) in [6.45, 7) is 1.83. The maximum absolute atomic E-state index is 11.3. The van der Waals surface area contributed by atoms with Gasteiger partial charge in [-0.15, -0.1) is 11.3 Å². The van der Waals surface area contributed by atoms with Gasteiger partial charge < -0.3 is 9.64 Å². The lowest BCUT2D eigenvalue weighted by molar-refractivity contribution is 0.159. The van der Waals surface area contributed by atoms with E-state index in [0.29, 0.717) is 19.7 Å². The zero-order chi connectivity index (χ0) is 13.9. The van der Waals surface area contributed by atoms with Crippen LogP contribution in [0.25, 0.3) is 11.3 Å². The first kappa shape index (κ1) is 13.4. The number of hydrogen-bond donors (Lipinski definition) is 0. The Morgan fingerprint density at radius 3 is 2.85 bits per heavy atom. The van der Waals surface area contributed by atoms with Gasteiger partial charge in [-0.2, -0.15) is 0 Å². The summed E-state index contributed by atoms with van der Waals surface area (Å²) in [7, 11) is 0. The average molecular weight is 309 g/mol. The third-order valence-corrected chi connectivity index (χ3v) is 4.29. The molecule has 0 atom stereocenters. The first-order chi connectivity index (χ1) is 9.72. The van der Waals surface area contributed by atoms with Crippen LogP contribution in [0.4, 0.5) is 4.79 Å². The molecule has 1 amide bonds. The number of cyclic esters (lactones) is 1. The van der Waals surface area contributed by atoms with Crippen LogP contribution < -0.4 is 0 Å². The minimum atomic E-state index is -0.223. The fourth-order valence-corrected chi connectivity index (χ4v) is 2.96. The smallest absolute Gasteiger partial charge is 0.409 e. The third-order valence-electron chi connectivity index (χ3n) is 3.13. The van der Waals surface area contributed by atoms with Gasteiger partial charge in [-0.3, -0.25) is 0 Å². The van der Waals surface area contributed by atoms with Crippen molar-refractivity contribution in [3.63, 3.8) is 0 Å². The number of benzene rings is 1. The Kier molecular flexibility index (Phi) is 3.89. The molecule has 1 aliphatic rings. The van der Waals surface area contributed by atoms with Crippen LogP contribution in [-0.2, 0) is 11.2 Å². The number of thiazole rings is 1. The van der Waals surface area contributed by atoms with Crippen molar-refractivity contribution in [2.75, 3.05) is 19.7 Å². The van der Waals surface area contributed by atoms with Crippen LogP contribution >= 0.6 is 22.9 Å². The number of rotatable bonds is 4. The zero-order valence-electron chi connectivity index (χ0n) is 10.7. The standard InChI is InChI=1S/C14H13ClN2O2S/c15-11-3-1-10(2-4-11)12-9-20-13(16-12)5-6-17-7-8-19-14(17)18/h1-4,9H,5-8H2. The minimum Gasteiger partial charge on any atom is -0.448 e. The van der Waals surface area contributed by atoms with Crippen molar-refractivity contribution in [2.45, 2.75) is 6.42 Å². The normalized spacial score (nSPS) is 14.7. The van der Waals surface area contributed by atoms with Gasteiger partial charge in [-0.05, 0) is 12.1 Å². The molecule has 1 aliphatic heterocycles. The molecule has 0 aliphatic carbocycles. The van der Waals surface area contributed by atoms with Crippen LogP contribution in [0, 0.1) is 0 Å². The monoisotopic (exact) mass is 308 g/mol. The Morgan fingerprint density at radius 2 is 2.15 bits per heavy atom.